The van der Waals surface area contributed by atoms with Crippen LogP contribution in [0, 0.1) is 11.7 Å². The van der Waals surface area contributed by atoms with Gasteiger partial charge in [-0.05, 0) is 43.9 Å². The Morgan fingerprint density at radius 2 is 2.29 bits per heavy atom. The molecule has 0 bridgehead atoms. The van der Waals surface area contributed by atoms with Crippen LogP contribution in [0.5, 0.6) is 0 Å². The van der Waals surface area contributed by atoms with Gasteiger partial charge < -0.3 is 5.32 Å². The Kier molecular flexibility index (Phi) is 5.28. The van der Waals surface area contributed by atoms with Crippen molar-refractivity contribution in [3.05, 3.63) is 34.5 Å². The highest BCUT2D eigenvalue weighted by molar-refractivity contribution is 7.93. The number of halogens is 2. The molecule has 1 aromatic heterocycles. The molecule has 2 saturated heterocycles. The van der Waals surface area contributed by atoms with E-state index in [2.05, 4.69) is 26.8 Å². The molecule has 0 aliphatic carbocycles. The zero-order chi connectivity index (χ0) is 19.9. The van der Waals surface area contributed by atoms with Gasteiger partial charge in [0.1, 0.15) is 10.7 Å². The van der Waals surface area contributed by atoms with Crippen LogP contribution in [0.1, 0.15) is 26.2 Å². The summed E-state index contributed by atoms with van der Waals surface area (Å²) < 4.78 is 41.8. The zero-order valence-electron chi connectivity index (χ0n) is 15.4. The van der Waals surface area contributed by atoms with E-state index in [0.29, 0.717) is 18.2 Å². The molecule has 0 saturated carbocycles. The second-order valence-electron chi connectivity index (χ2n) is 7.64. The average Bonchev–Trinajstić information content (AvgIpc) is 3.31. The van der Waals surface area contributed by atoms with E-state index >= 15 is 0 Å². The van der Waals surface area contributed by atoms with Crippen LogP contribution in [0.3, 0.4) is 0 Å². The summed E-state index contributed by atoms with van der Waals surface area (Å²) in [5, 5.41) is 5.24. The first kappa shape index (κ1) is 19.9. The molecule has 4 rings (SSSR count). The van der Waals surface area contributed by atoms with Crippen molar-refractivity contribution in [2.24, 2.45) is 5.92 Å². The largest absolute Gasteiger partial charge is 0.382 e. The predicted molar refractivity (Wildman–Crippen MR) is 110 cm³/mol. The molecule has 0 amide bonds. The van der Waals surface area contributed by atoms with Gasteiger partial charge in [0.05, 0.1) is 10.7 Å². The number of nitrogens with one attached hydrogen (secondary N) is 2. The quantitative estimate of drug-likeness (QED) is 0.703. The molecule has 2 aliphatic rings. The first-order valence-corrected chi connectivity index (χ1v) is 11.9. The Bertz CT molecular complexity index is 970. The van der Waals surface area contributed by atoms with E-state index < -0.39 is 20.7 Å². The fourth-order valence-corrected chi connectivity index (χ4v) is 6.62. The van der Waals surface area contributed by atoms with Crippen LogP contribution in [0.4, 0.5) is 15.2 Å². The van der Waals surface area contributed by atoms with Crippen LogP contribution in [0.2, 0.25) is 5.02 Å². The number of benzene rings is 1. The minimum absolute atomic E-state index is 0.0797. The average molecular weight is 445 g/mol. The number of hydrogen-bond acceptors (Lipinski definition) is 6. The summed E-state index contributed by atoms with van der Waals surface area (Å²) in [5.74, 6) is -0.213. The van der Waals surface area contributed by atoms with Gasteiger partial charge in [0.25, 0.3) is 10.0 Å². The molecule has 3 heterocycles. The molecule has 2 atom stereocenters. The molecule has 6 nitrogen and oxygen atoms in total. The highest BCUT2D eigenvalue weighted by atomic mass is 35.5. The Balaban J connectivity index is 1.53. The molecule has 0 radical (unpaired) electrons. The molecule has 28 heavy (non-hydrogen) atoms. The number of thiazole rings is 1. The van der Waals surface area contributed by atoms with E-state index in [0.717, 1.165) is 55.8 Å². The lowest BCUT2D eigenvalue weighted by atomic mass is 9.90. The second kappa shape index (κ2) is 7.44. The lowest BCUT2D eigenvalue weighted by Crippen LogP contribution is -2.44. The number of fused-ring (bicyclic) bond motifs is 1. The van der Waals surface area contributed by atoms with Crippen LogP contribution in [-0.4, -0.2) is 43.5 Å². The van der Waals surface area contributed by atoms with Crippen molar-refractivity contribution in [1.29, 1.82) is 0 Å². The Hall–Kier alpha value is -1.42. The molecule has 152 valence electrons. The minimum Gasteiger partial charge on any atom is -0.382 e. The summed E-state index contributed by atoms with van der Waals surface area (Å²) in [5.41, 5.74) is 0.490. The van der Waals surface area contributed by atoms with Gasteiger partial charge >= 0.3 is 0 Å². The van der Waals surface area contributed by atoms with E-state index in [1.165, 1.54) is 6.20 Å². The fourth-order valence-electron chi connectivity index (χ4n) is 4.45. The second-order valence-corrected chi connectivity index (χ2v) is 10.6. The first-order chi connectivity index (χ1) is 13.3. The van der Waals surface area contributed by atoms with Crippen molar-refractivity contribution >= 4 is 43.8 Å². The van der Waals surface area contributed by atoms with E-state index in [1.807, 2.05) is 0 Å². The van der Waals surface area contributed by atoms with Crippen LogP contribution in [0.25, 0.3) is 0 Å². The fraction of sp³-hybridized carbons (Fsp3) is 0.500. The third-order valence-corrected chi connectivity index (χ3v) is 8.06. The molecule has 0 spiro atoms. The summed E-state index contributed by atoms with van der Waals surface area (Å²) >= 11 is 7.41. The standard InChI is InChI=1S/C18H22ClFN4O2S2/c1-12-9-18(3-2-5-24(18)10-12)11-22-15-8-14(20)16(7-13(15)19)28(25,26)23-17-21-4-6-27-17/h4,6-8,12,22H,2-3,5,9-11H2,1H3,(H,21,23)/t12-,18-/m0/s1. The van der Waals surface area contributed by atoms with E-state index in [9.17, 15) is 12.8 Å². The number of sulfonamides is 1. The zero-order valence-corrected chi connectivity index (χ0v) is 17.8. The van der Waals surface area contributed by atoms with Gasteiger partial charge in [-0.2, -0.15) is 0 Å². The maximum absolute atomic E-state index is 14.6. The molecule has 10 heteroatoms. The number of anilines is 2. The van der Waals surface area contributed by atoms with E-state index in [4.69, 9.17) is 11.6 Å². The van der Waals surface area contributed by atoms with Crippen molar-refractivity contribution in [1.82, 2.24) is 9.88 Å². The normalized spacial score (nSPS) is 25.0. The molecule has 2 fully saturated rings. The Morgan fingerprint density at radius 1 is 1.46 bits per heavy atom. The highest BCUT2D eigenvalue weighted by Gasteiger charge is 2.46. The number of aromatic nitrogens is 1. The molecule has 0 unspecified atom stereocenters. The van der Waals surface area contributed by atoms with Gasteiger partial charge in [-0.15, -0.1) is 11.3 Å². The van der Waals surface area contributed by atoms with Crippen LogP contribution in [0.15, 0.2) is 28.6 Å². The summed E-state index contributed by atoms with van der Waals surface area (Å²) in [7, 11) is -4.10. The van der Waals surface area contributed by atoms with Gasteiger partial charge in [-0.1, -0.05) is 18.5 Å². The monoisotopic (exact) mass is 444 g/mol. The summed E-state index contributed by atoms with van der Waals surface area (Å²) in [6.07, 6.45) is 4.84. The lowest BCUT2D eigenvalue weighted by molar-refractivity contribution is 0.209. The van der Waals surface area contributed by atoms with Crippen LogP contribution >= 0.6 is 22.9 Å². The van der Waals surface area contributed by atoms with E-state index in [1.54, 1.807) is 5.38 Å². The topological polar surface area (TPSA) is 74.3 Å². The number of hydrogen-bond donors (Lipinski definition) is 2. The first-order valence-electron chi connectivity index (χ1n) is 9.19. The van der Waals surface area contributed by atoms with Crippen LogP contribution < -0.4 is 10.0 Å². The van der Waals surface area contributed by atoms with Gasteiger partial charge in [0, 0.05) is 30.2 Å². The molecule has 2 aliphatic heterocycles. The maximum atomic E-state index is 14.6. The molecule has 1 aromatic carbocycles. The SMILES string of the molecule is C[C@@H]1CN2CCC[C@@]2(CNc2cc(F)c(S(=O)(=O)Nc3nccs3)cc2Cl)C1. The molecule has 2 aromatic rings. The summed E-state index contributed by atoms with van der Waals surface area (Å²) in [6.45, 7) is 5.10. The maximum Gasteiger partial charge on any atom is 0.266 e. The van der Waals surface area contributed by atoms with Crippen LogP contribution in [-0.2, 0) is 10.0 Å². The predicted octanol–water partition coefficient (Wildman–Crippen LogP) is 4.02. The van der Waals surface area contributed by atoms with E-state index in [-0.39, 0.29) is 15.7 Å². The van der Waals surface area contributed by atoms with Crippen molar-refractivity contribution in [2.45, 2.75) is 36.6 Å². The minimum atomic E-state index is -4.10. The number of rotatable bonds is 6. The van der Waals surface area contributed by atoms with Crippen molar-refractivity contribution in [3.8, 4) is 0 Å². The summed E-state index contributed by atoms with van der Waals surface area (Å²) in [4.78, 5) is 5.88. The molecular formula is C18H22ClFN4O2S2. The molecular weight excluding hydrogens is 423 g/mol. The van der Waals surface area contributed by atoms with Crippen molar-refractivity contribution in [2.75, 3.05) is 29.7 Å². The van der Waals surface area contributed by atoms with Crippen molar-refractivity contribution < 1.29 is 12.8 Å². The van der Waals surface area contributed by atoms with Gasteiger partial charge in [-0.25, -0.2) is 17.8 Å². The lowest BCUT2D eigenvalue weighted by Gasteiger charge is -2.32. The van der Waals surface area contributed by atoms with Crippen molar-refractivity contribution in [3.63, 3.8) is 0 Å². The summed E-state index contributed by atoms with van der Waals surface area (Å²) in [6, 6.07) is 2.31. The number of nitrogens with zero attached hydrogens (tertiary/aromatic N) is 2. The van der Waals surface area contributed by atoms with Gasteiger partial charge in [-0.3, -0.25) is 9.62 Å². The smallest absolute Gasteiger partial charge is 0.266 e. The van der Waals surface area contributed by atoms with Gasteiger partial charge in [0.15, 0.2) is 5.13 Å². The third kappa shape index (κ3) is 3.72. The Morgan fingerprint density at radius 3 is 3.04 bits per heavy atom. The highest BCUT2D eigenvalue weighted by Crippen LogP contribution is 2.42. The Labute approximate surface area is 173 Å². The van der Waals surface area contributed by atoms with Gasteiger partial charge in [0.2, 0.25) is 0 Å². The third-order valence-electron chi connectivity index (χ3n) is 5.57. The molecule has 2 N–H and O–H groups in total.